The highest BCUT2D eigenvalue weighted by molar-refractivity contribution is 7.99. The molecule has 21 heavy (non-hydrogen) atoms. The molecule has 2 unspecified atom stereocenters. The standard InChI is InChI=1S/C16H21NO3S/c18-13(5-7-17-16(19)12-6-8-21-10-12)15-9-11-3-1-2-4-14(11)20-15/h1-4,12-13,15,18H,5-10H2,(H,17,19)/t12?,13-,15?/m1/s1. The second kappa shape index (κ2) is 6.71. The third-order valence-corrected chi connectivity index (χ3v) is 5.30. The number of ether oxygens (including phenoxy) is 1. The molecule has 114 valence electrons. The summed E-state index contributed by atoms with van der Waals surface area (Å²) < 4.78 is 5.76. The number of aliphatic hydroxyl groups excluding tert-OH is 1. The smallest absolute Gasteiger partial charge is 0.223 e. The fraction of sp³-hybridized carbons (Fsp3) is 0.562. The molecule has 0 bridgehead atoms. The monoisotopic (exact) mass is 307 g/mol. The summed E-state index contributed by atoms with van der Waals surface area (Å²) >= 11 is 1.83. The first-order chi connectivity index (χ1) is 10.2. The summed E-state index contributed by atoms with van der Waals surface area (Å²) in [7, 11) is 0. The van der Waals surface area contributed by atoms with Crippen LogP contribution in [-0.4, -0.2) is 41.3 Å². The number of fused-ring (bicyclic) bond motifs is 1. The number of rotatable bonds is 5. The molecule has 0 radical (unpaired) electrons. The van der Waals surface area contributed by atoms with E-state index < -0.39 is 6.10 Å². The third-order valence-electron chi connectivity index (χ3n) is 4.14. The van der Waals surface area contributed by atoms with Gasteiger partial charge in [-0.3, -0.25) is 4.79 Å². The normalized spacial score (nSPS) is 25.2. The van der Waals surface area contributed by atoms with Crippen molar-refractivity contribution in [3.63, 3.8) is 0 Å². The maximum absolute atomic E-state index is 11.9. The number of para-hydroxylation sites is 1. The van der Waals surface area contributed by atoms with Gasteiger partial charge in [0.15, 0.2) is 0 Å². The molecule has 2 heterocycles. The Bertz CT molecular complexity index is 477. The summed E-state index contributed by atoms with van der Waals surface area (Å²) in [6.07, 6.45) is 1.51. The molecular weight excluding hydrogens is 286 g/mol. The largest absolute Gasteiger partial charge is 0.487 e. The SMILES string of the molecule is O=C(NCC[C@@H](O)C1Cc2ccccc2O1)C1CCSC1. The fourth-order valence-electron chi connectivity index (χ4n) is 2.84. The van der Waals surface area contributed by atoms with Crippen LogP contribution in [0.2, 0.25) is 0 Å². The van der Waals surface area contributed by atoms with E-state index in [0.717, 1.165) is 35.7 Å². The van der Waals surface area contributed by atoms with Crippen LogP contribution in [0.1, 0.15) is 18.4 Å². The summed E-state index contributed by atoms with van der Waals surface area (Å²) in [6.45, 7) is 0.511. The quantitative estimate of drug-likeness (QED) is 0.868. The van der Waals surface area contributed by atoms with E-state index in [1.54, 1.807) is 0 Å². The van der Waals surface area contributed by atoms with Crippen LogP contribution in [0.15, 0.2) is 24.3 Å². The molecule has 1 aromatic rings. The number of carbonyl (C=O) groups is 1. The molecule has 4 nitrogen and oxygen atoms in total. The van der Waals surface area contributed by atoms with Crippen molar-refractivity contribution in [1.82, 2.24) is 5.32 Å². The average molecular weight is 307 g/mol. The molecule has 1 saturated heterocycles. The van der Waals surface area contributed by atoms with Crippen LogP contribution in [0.25, 0.3) is 0 Å². The zero-order valence-electron chi connectivity index (χ0n) is 12.0. The van der Waals surface area contributed by atoms with Gasteiger partial charge in [-0.15, -0.1) is 0 Å². The Morgan fingerprint density at radius 1 is 1.48 bits per heavy atom. The molecule has 0 aliphatic carbocycles. The summed E-state index contributed by atoms with van der Waals surface area (Å²) in [5.41, 5.74) is 1.15. The van der Waals surface area contributed by atoms with Gasteiger partial charge < -0.3 is 15.2 Å². The van der Waals surface area contributed by atoms with Gasteiger partial charge in [0.1, 0.15) is 11.9 Å². The van der Waals surface area contributed by atoms with Gasteiger partial charge in [-0.2, -0.15) is 11.8 Å². The van der Waals surface area contributed by atoms with Crippen molar-refractivity contribution in [2.75, 3.05) is 18.1 Å². The molecular formula is C16H21NO3S. The van der Waals surface area contributed by atoms with Crippen LogP contribution >= 0.6 is 11.8 Å². The molecule has 5 heteroatoms. The molecule has 2 aliphatic heterocycles. The Labute approximate surface area is 129 Å². The molecule has 3 atom stereocenters. The van der Waals surface area contributed by atoms with Crippen LogP contribution in [0.4, 0.5) is 0 Å². The van der Waals surface area contributed by atoms with Gasteiger partial charge in [-0.1, -0.05) is 18.2 Å². The van der Waals surface area contributed by atoms with E-state index in [2.05, 4.69) is 5.32 Å². The van der Waals surface area contributed by atoms with E-state index in [1.165, 1.54) is 0 Å². The van der Waals surface area contributed by atoms with Crippen molar-refractivity contribution < 1.29 is 14.6 Å². The number of benzene rings is 1. The molecule has 1 fully saturated rings. The van der Waals surface area contributed by atoms with Gasteiger partial charge in [-0.05, 0) is 30.2 Å². The van der Waals surface area contributed by atoms with E-state index in [-0.39, 0.29) is 17.9 Å². The van der Waals surface area contributed by atoms with Crippen molar-refractivity contribution in [2.24, 2.45) is 5.92 Å². The molecule has 2 aliphatic rings. The predicted molar refractivity (Wildman–Crippen MR) is 83.6 cm³/mol. The first-order valence-corrected chi connectivity index (χ1v) is 8.67. The maximum atomic E-state index is 11.9. The number of aliphatic hydroxyl groups is 1. The van der Waals surface area contributed by atoms with E-state index in [9.17, 15) is 9.90 Å². The van der Waals surface area contributed by atoms with Gasteiger partial charge in [-0.25, -0.2) is 0 Å². The summed E-state index contributed by atoms with van der Waals surface area (Å²) in [5, 5.41) is 13.2. The van der Waals surface area contributed by atoms with E-state index >= 15 is 0 Å². The Hall–Kier alpha value is -1.20. The van der Waals surface area contributed by atoms with Gasteiger partial charge in [0, 0.05) is 24.6 Å². The lowest BCUT2D eigenvalue weighted by atomic mass is 10.0. The second-order valence-electron chi connectivity index (χ2n) is 5.68. The first kappa shape index (κ1) is 14.7. The highest BCUT2D eigenvalue weighted by Gasteiger charge is 2.29. The summed E-state index contributed by atoms with van der Waals surface area (Å²) in [6, 6.07) is 7.88. The fourth-order valence-corrected chi connectivity index (χ4v) is 4.06. The Morgan fingerprint density at radius 2 is 2.33 bits per heavy atom. The Balaban J connectivity index is 1.41. The number of nitrogens with one attached hydrogen (secondary N) is 1. The predicted octanol–water partition coefficient (Wildman–Crippen LogP) is 1.61. The molecule has 1 amide bonds. The lowest BCUT2D eigenvalue weighted by molar-refractivity contribution is -0.124. The third kappa shape index (κ3) is 3.52. The molecule has 2 N–H and O–H groups in total. The van der Waals surface area contributed by atoms with Gasteiger partial charge >= 0.3 is 0 Å². The van der Waals surface area contributed by atoms with Gasteiger partial charge in [0.2, 0.25) is 5.91 Å². The maximum Gasteiger partial charge on any atom is 0.223 e. The summed E-state index contributed by atoms with van der Waals surface area (Å²) in [4.78, 5) is 11.9. The lowest BCUT2D eigenvalue weighted by Gasteiger charge is -2.18. The highest BCUT2D eigenvalue weighted by atomic mass is 32.2. The number of hydrogen-bond acceptors (Lipinski definition) is 4. The van der Waals surface area contributed by atoms with E-state index in [4.69, 9.17) is 4.74 Å². The Morgan fingerprint density at radius 3 is 3.10 bits per heavy atom. The summed E-state index contributed by atoms with van der Waals surface area (Å²) in [5.74, 6) is 3.15. The minimum absolute atomic E-state index is 0.128. The van der Waals surface area contributed by atoms with Crippen LogP contribution < -0.4 is 10.1 Å². The second-order valence-corrected chi connectivity index (χ2v) is 6.83. The topological polar surface area (TPSA) is 58.6 Å². The zero-order chi connectivity index (χ0) is 14.7. The van der Waals surface area contributed by atoms with Crippen molar-refractivity contribution in [3.8, 4) is 5.75 Å². The molecule has 0 spiro atoms. The van der Waals surface area contributed by atoms with Gasteiger partial charge in [0.25, 0.3) is 0 Å². The highest BCUT2D eigenvalue weighted by Crippen LogP contribution is 2.30. The molecule has 0 saturated carbocycles. The average Bonchev–Trinajstić information content (AvgIpc) is 3.16. The lowest BCUT2D eigenvalue weighted by Crippen LogP contribution is -2.36. The van der Waals surface area contributed by atoms with Crippen molar-refractivity contribution in [3.05, 3.63) is 29.8 Å². The van der Waals surface area contributed by atoms with Crippen LogP contribution in [0.5, 0.6) is 5.75 Å². The first-order valence-electron chi connectivity index (χ1n) is 7.52. The van der Waals surface area contributed by atoms with E-state index in [0.29, 0.717) is 13.0 Å². The van der Waals surface area contributed by atoms with Crippen molar-refractivity contribution in [2.45, 2.75) is 31.5 Å². The molecule has 1 aromatic carbocycles. The zero-order valence-corrected chi connectivity index (χ0v) is 12.8. The van der Waals surface area contributed by atoms with Crippen LogP contribution in [-0.2, 0) is 11.2 Å². The number of thioether (sulfide) groups is 1. The van der Waals surface area contributed by atoms with Crippen molar-refractivity contribution >= 4 is 17.7 Å². The van der Waals surface area contributed by atoms with Gasteiger partial charge in [0.05, 0.1) is 6.10 Å². The minimum Gasteiger partial charge on any atom is -0.487 e. The van der Waals surface area contributed by atoms with E-state index in [1.807, 2.05) is 36.0 Å². The molecule has 3 rings (SSSR count). The number of hydrogen-bond donors (Lipinski definition) is 2. The Kier molecular flexibility index (Phi) is 4.70. The number of amides is 1. The van der Waals surface area contributed by atoms with Crippen LogP contribution in [0.3, 0.4) is 0 Å². The van der Waals surface area contributed by atoms with Crippen molar-refractivity contribution in [1.29, 1.82) is 0 Å². The minimum atomic E-state index is -0.546. The van der Waals surface area contributed by atoms with Crippen LogP contribution in [0, 0.1) is 5.92 Å². The molecule has 0 aromatic heterocycles. The number of carbonyl (C=O) groups excluding carboxylic acids is 1.